The molecule has 2 amide bonds. The van der Waals surface area contributed by atoms with Gasteiger partial charge in [-0.15, -0.1) is 24.2 Å². The maximum absolute atomic E-state index is 12.2. The Morgan fingerprint density at radius 1 is 1.22 bits per heavy atom. The number of amides is 2. The normalized spacial score (nSPS) is 11.5. The molecule has 0 spiro atoms. The highest BCUT2D eigenvalue weighted by Crippen LogP contribution is 2.22. The van der Waals surface area contributed by atoms with Crippen LogP contribution in [0.25, 0.3) is 0 Å². The molecular formula is C16H26ClN3O2S. The van der Waals surface area contributed by atoms with Gasteiger partial charge in [0.25, 0.3) is 5.91 Å². The van der Waals surface area contributed by atoms with E-state index in [0.717, 1.165) is 4.90 Å². The topological polar surface area (TPSA) is 84.2 Å². The second kappa shape index (κ2) is 11.3. The molecule has 0 aliphatic carbocycles. The molecule has 4 N–H and O–H groups in total. The van der Waals surface area contributed by atoms with Crippen molar-refractivity contribution in [2.75, 3.05) is 18.8 Å². The standard InChI is InChI=1S/C16H25N3O2S.ClH/c1-11(2)19-15(20)10-22-14-7-5-4-6-13(14)16(21)18-9-12(3)8-17;/h4-7,11-12H,8-10,17H2,1-3H3,(H,18,21)(H,19,20);1H. The Kier molecular flexibility index (Phi) is 10.7. The summed E-state index contributed by atoms with van der Waals surface area (Å²) in [6, 6.07) is 7.42. The van der Waals surface area contributed by atoms with Gasteiger partial charge in [0.1, 0.15) is 0 Å². The average Bonchev–Trinajstić information content (AvgIpc) is 2.49. The lowest BCUT2D eigenvalue weighted by Gasteiger charge is -2.13. The number of hydrogen-bond donors (Lipinski definition) is 3. The molecule has 0 aliphatic rings. The first-order chi connectivity index (χ1) is 10.4. The van der Waals surface area contributed by atoms with Crippen LogP contribution < -0.4 is 16.4 Å². The van der Waals surface area contributed by atoms with Gasteiger partial charge in [-0.25, -0.2) is 0 Å². The first kappa shape index (κ1) is 21.8. The smallest absolute Gasteiger partial charge is 0.252 e. The molecule has 5 nitrogen and oxygen atoms in total. The van der Waals surface area contributed by atoms with Gasteiger partial charge in [-0.3, -0.25) is 9.59 Å². The predicted octanol–water partition coefficient (Wildman–Crippen LogP) is 2.05. The minimum atomic E-state index is -0.132. The third-order valence-corrected chi connectivity index (χ3v) is 4.03. The highest BCUT2D eigenvalue weighted by molar-refractivity contribution is 8.00. The van der Waals surface area contributed by atoms with Gasteiger partial charge in [-0.2, -0.15) is 0 Å². The Hall–Kier alpha value is -1.24. The van der Waals surface area contributed by atoms with E-state index in [-0.39, 0.29) is 36.2 Å². The minimum absolute atomic E-state index is 0. The van der Waals surface area contributed by atoms with Gasteiger partial charge in [-0.1, -0.05) is 19.1 Å². The molecule has 1 rings (SSSR count). The van der Waals surface area contributed by atoms with Crippen LogP contribution in [-0.2, 0) is 4.79 Å². The number of halogens is 1. The van der Waals surface area contributed by atoms with Gasteiger partial charge >= 0.3 is 0 Å². The van der Waals surface area contributed by atoms with Crippen molar-refractivity contribution in [2.24, 2.45) is 11.7 Å². The SMILES string of the molecule is CC(CN)CNC(=O)c1ccccc1SCC(=O)NC(C)C.Cl. The van der Waals surface area contributed by atoms with Crippen LogP contribution in [0.2, 0.25) is 0 Å². The van der Waals surface area contributed by atoms with Crippen molar-refractivity contribution in [1.82, 2.24) is 10.6 Å². The molecule has 130 valence electrons. The number of benzene rings is 1. The molecule has 23 heavy (non-hydrogen) atoms. The zero-order valence-electron chi connectivity index (χ0n) is 13.8. The van der Waals surface area contributed by atoms with Crippen molar-refractivity contribution in [3.05, 3.63) is 29.8 Å². The van der Waals surface area contributed by atoms with E-state index in [0.29, 0.717) is 24.4 Å². The highest BCUT2D eigenvalue weighted by atomic mass is 35.5. The number of thioether (sulfide) groups is 1. The zero-order valence-corrected chi connectivity index (χ0v) is 15.4. The van der Waals surface area contributed by atoms with Crippen LogP contribution >= 0.6 is 24.2 Å². The Labute approximate surface area is 148 Å². The molecule has 0 aliphatic heterocycles. The van der Waals surface area contributed by atoms with Gasteiger partial charge in [0.05, 0.1) is 11.3 Å². The molecule has 1 aromatic rings. The quantitative estimate of drug-likeness (QED) is 0.620. The van der Waals surface area contributed by atoms with E-state index in [2.05, 4.69) is 10.6 Å². The molecule has 1 atom stereocenters. The van der Waals surface area contributed by atoms with Crippen LogP contribution in [-0.4, -0.2) is 36.7 Å². The van der Waals surface area contributed by atoms with Crippen LogP contribution in [0.1, 0.15) is 31.1 Å². The Balaban J connectivity index is 0.00000484. The van der Waals surface area contributed by atoms with Crippen LogP contribution in [0.4, 0.5) is 0 Å². The summed E-state index contributed by atoms with van der Waals surface area (Å²) in [4.78, 5) is 24.8. The third kappa shape index (κ3) is 8.25. The van der Waals surface area contributed by atoms with Crippen LogP contribution in [0.5, 0.6) is 0 Å². The summed E-state index contributed by atoms with van der Waals surface area (Å²) in [6.07, 6.45) is 0. The van der Waals surface area contributed by atoms with Crippen molar-refractivity contribution in [1.29, 1.82) is 0 Å². The second-order valence-electron chi connectivity index (χ2n) is 5.56. The third-order valence-electron chi connectivity index (χ3n) is 2.95. The fourth-order valence-electron chi connectivity index (χ4n) is 1.73. The molecule has 0 aromatic heterocycles. The lowest BCUT2D eigenvalue weighted by Crippen LogP contribution is -2.32. The van der Waals surface area contributed by atoms with Gasteiger partial charge in [0, 0.05) is 17.5 Å². The van der Waals surface area contributed by atoms with E-state index in [4.69, 9.17) is 5.73 Å². The molecule has 0 fully saturated rings. The van der Waals surface area contributed by atoms with Crippen molar-refractivity contribution < 1.29 is 9.59 Å². The lowest BCUT2D eigenvalue weighted by atomic mass is 10.1. The molecule has 0 bridgehead atoms. The fourth-order valence-corrected chi connectivity index (χ4v) is 2.59. The predicted molar refractivity (Wildman–Crippen MR) is 98.2 cm³/mol. The summed E-state index contributed by atoms with van der Waals surface area (Å²) < 4.78 is 0. The average molecular weight is 360 g/mol. The highest BCUT2D eigenvalue weighted by Gasteiger charge is 2.13. The number of hydrogen-bond acceptors (Lipinski definition) is 4. The number of nitrogens with one attached hydrogen (secondary N) is 2. The van der Waals surface area contributed by atoms with Gasteiger partial charge in [0.15, 0.2) is 0 Å². The summed E-state index contributed by atoms with van der Waals surface area (Å²) in [5.74, 6) is 0.363. The summed E-state index contributed by atoms with van der Waals surface area (Å²) in [6.45, 7) is 6.90. The van der Waals surface area contributed by atoms with Gasteiger partial charge < -0.3 is 16.4 Å². The fraction of sp³-hybridized carbons (Fsp3) is 0.500. The summed E-state index contributed by atoms with van der Waals surface area (Å²) in [5.41, 5.74) is 6.14. The molecule has 7 heteroatoms. The van der Waals surface area contributed by atoms with Gasteiger partial charge in [0.2, 0.25) is 5.91 Å². The van der Waals surface area contributed by atoms with Crippen LogP contribution in [0.3, 0.4) is 0 Å². The second-order valence-corrected chi connectivity index (χ2v) is 6.58. The number of carbonyl (C=O) groups excluding carboxylic acids is 2. The Morgan fingerprint density at radius 2 is 1.87 bits per heavy atom. The molecule has 0 heterocycles. The number of nitrogens with two attached hydrogens (primary N) is 1. The molecule has 1 aromatic carbocycles. The molecular weight excluding hydrogens is 334 g/mol. The molecule has 0 saturated carbocycles. The van der Waals surface area contributed by atoms with Crippen molar-refractivity contribution in [3.8, 4) is 0 Å². The summed E-state index contributed by atoms with van der Waals surface area (Å²) >= 11 is 1.37. The van der Waals surface area contributed by atoms with Crippen LogP contribution in [0.15, 0.2) is 29.2 Å². The Morgan fingerprint density at radius 3 is 2.48 bits per heavy atom. The van der Waals surface area contributed by atoms with Crippen molar-refractivity contribution in [2.45, 2.75) is 31.7 Å². The van der Waals surface area contributed by atoms with E-state index in [1.54, 1.807) is 6.07 Å². The maximum Gasteiger partial charge on any atom is 0.252 e. The molecule has 1 unspecified atom stereocenters. The summed E-state index contributed by atoms with van der Waals surface area (Å²) in [7, 11) is 0. The first-order valence-electron chi connectivity index (χ1n) is 7.43. The summed E-state index contributed by atoms with van der Waals surface area (Å²) in [5, 5.41) is 5.71. The number of rotatable bonds is 8. The van der Waals surface area contributed by atoms with Crippen molar-refractivity contribution >= 4 is 36.0 Å². The van der Waals surface area contributed by atoms with E-state index >= 15 is 0 Å². The molecule has 0 saturated heterocycles. The van der Waals surface area contributed by atoms with Gasteiger partial charge in [-0.05, 0) is 38.4 Å². The lowest BCUT2D eigenvalue weighted by molar-refractivity contribution is -0.119. The van der Waals surface area contributed by atoms with E-state index in [1.807, 2.05) is 39.0 Å². The number of carbonyl (C=O) groups is 2. The largest absolute Gasteiger partial charge is 0.353 e. The molecule has 0 radical (unpaired) electrons. The van der Waals surface area contributed by atoms with Crippen molar-refractivity contribution in [3.63, 3.8) is 0 Å². The monoisotopic (exact) mass is 359 g/mol. The minimum Gasteiger partial charge on any atom is -0.353 e. The van der Waals surface area contributed by atoms with Crippen LogP contribution in [0, 0.1) is 5.92 Å². The maximum atomic E-state index is 12.2. The van der Waals surface area contributed by atoms with E-state index in [9.17, 15) is 9.59 Å². The first-order valence-corrected chi connectivity index (χ1v) is 8.42. The van der Waals surface area contributed by atoms with E-state index in [1.165, 1.54) is 11.8 Å². The zero-order chi connectivity index (χ0) is 16.5. The Bertz CT molecular complexity index is 512. The van der Waals surface area contributed by atoms with E-state index < -0.39 is 0 Å².